The van der Waals surface area contributed by atoms with Gasteiger partial charge in [-0.25, -0.2) is 0 Å². The lowest BCUT2D eigenvalue weighted by Crippen LogP contribution is -2.47. The summed E-state index contributed by atoms with van der Waals surface area (Å²) in [7, 11) is 1.57. The van der Waals surface area contributed by atoms with Crippen molar-refractivity contribution >= 4 is 23.6 Å². The first kappa shape index (κ1) is 17.4. The fourth-order valence-electron chi connectivity index (χ4n) is 1.79. The fourth-order valence-corrected chi connectivity index (χ4v) is 2.26. The van der Waals surface area contributed by atoms with Crippen molar-refractivity contribution in [2.45, 2.75) is 19.4 Å². The Morgan fingerprint density at radius 2 is 1.95 bits per heavy atom. The van der Waals surface area contributed by atoms with Crippen LogP contribution in [-0.2, 0) is 4.79 Å². The Kier molecular flexibility index (Phi) is 7.68. The van der Waals surface area contributed by atoms with Gasteiger partial charge in [0.05, 0.1) is 7.11 Å². The zero-order chi connectivity index (χ0) is 15.7. The molecule has 0 aliphatic heterocycles. The number of methoxy groups -OCH3 is 1. The molecule has 1 aromatic rings. The molecule has 2 N–H and O–H groups in total. The van der Waals surface area contributed by atoms with E-state index in [1.54, 1.807) is 43.1 Å². The average molecular weight is 310 g/mol. The second-order valence-corrected chi connectivity index (χ2v) is 5.42. The van der Waals surface area contributed by atoms with E-state index in [4.69, 9.17) is 4.74 Å². The molecule has 1 aromatic carbocycles. The van der Waals surface area contributed by atoms with Gasteiger partial charge in [0.15, 0.2) is 0 Å². The van der Waals surface area contributed by atoms with Crippen LogP contribution in [0.15, 0.2) is 24.3 Å². The third-order valence-electron chi connectivity index (χ3n) is 2.94. The molecule has 2 amide bonds. The largest absolute Gasteiger partial charge is 0.497 e. The SMILES string of the molecule is CCNC(=O)[C@H](CCSC)NC(=O)c1ccc(OC)cc1. The molecular formula is C15H22N2O3S. The van der Waals surface area contributed by atoms with Crippen LogP contribution in [0.4, 0.5) is 0 Å². The van der Waals surface area contributed by atoms with Crippen LogP contribution in [0, 0.1) is 0 Å². The first-order valence-electron chi connectivity index (χ1n) is 6.84. The number of ether oxygens (including phenoxy) is 1. The van der Waals surface area contributed by atoms with Gasteiger partial charge < -0.3 is 15.4 Å². The average Bonchev–Trinajstić information content (AvgIpc) is 2.51. The second kappa shape index (κ2) is 9.28. The number of hydrogen-bond donors (Lipinski definition) is 2. The monoisotopic (exact) mass is 310 g/mol. The Bertz CT molecular complexity index is 462. The van der Waals surface area contributed by atoms with Gasteiger partial charge in [-0.05, 0) is 49.6 Å². The van der Waals surface area contributed by atoms with Gasteiger partial charge in [0, 0.05) is 12.1 Å². The molecule has 0 saturated carbocycles. The van der Waals surface area contributed by atoms with Gasteiger partial charge in [-0.2, -0.15) is 11.8 Å². The first-order chi connectivity index (χ1) is 10.1. The summed E-state index contributed by atoms with van der Waals surface area (Å²) < 4.78 is 5.05. The number of thioether (sulfide) groups is 1. The highest BCUT2D eigenvalue weighted by Crippen LogP contribution is 2.11. The Hall–Kier alpha value is -1.69. The number of rotatable bonds is 8. The number of carbonyl (C=O) groups excluding carboxylic acids is 2. The summed E-state index contributed by atoms with van der Waals surface area (Å²) in [6.45, 7) is 2.40. The van der Waals surface area contributed by atoms with Crippen LogP contribution in [0.1, 0.15) is 23.7 Å². The highest BCUT2D eigenvalue weighted by Gasteiger charge is 2.20. The standard InChI is InChI=1S/C15H22N2O3S/c1-4-16-15(19)13(9-10-21-3)17-14(18)11-5-7-12(20-2)8-6-11/h5-8,13H,4,9-10H2,1-3H3,(H,16,19)(H,17,18)/t13-/m0/s1. The maximum absolute atomic E-state index is 12.2. The minimum atomic E-state index is -0.507. The van der Waals surface area contributed by atoms with E-state index < -0.39 is 6.04 Å². The van der Waals surface area contributed by atoms with Crippen molar-refractivity contribution in [3.63, 3.8) is 0 Å². The number of amides is 2. The van der Waals surface area contributed by atoms with E-state index in [-0.39, 0.29) is 11.8 Å². The van der Waals surface area contributed by atoms with Crippen LogP contribution in [0.2, 0.25) is 0 Å². The summed E-state index contributed by atoms with van der Waals surface area (Å²) in [4.78, 5) is 24.1. The molecule has 0 aliphatic rings. The summed E-state index contributed by atoms with van der Waals surface area (Å²) in [5, 5.41) is 5.53. The third kappa shape index (κ3) is 5.67. The number of benzene rings is 1. The quantitative estimate of drug-likeness (QED) is 0.767. The van der Waals surface area contributed by atoms with Crippen molar-refractivity contribution < 1.29 is 14.3 Å². The lowest BCUT2D eigenvalue weighted by atomic mass is 10.1. The molecule has 1 atom stereocenters. The minimum absolute atomic E-state index is 0.145. The highest BCUT2D eigenvalue weighted by molar-refractivity contribution is 7.98. The van der Waals surface area contributed by atoms with Crippen LogP contribution < -0.4 is 15.4 Å². The van der Waals surface area contributed by atoms with E-state index in [1.165, 1.54) is 0 Å². The topological polar surface area (TPSA) is 67.4 Å². The zero-order valence-corrected chi connectivity index (χ0v) is 13.5. The van der Waals surface area contributed by atoms with Crippen LogP contribution >= 0.6 is 11.8 Å². The molecule has 1 rings (SSSR count). The van der Waals surface area contributed by atoms with Crippen LogP contribution in [0.3, 0.4) is 0 Å². The molecule has 0 aromatic heterocycles. The molecule has 0 spiro atoms. The molecule has 0 aliphatic carbocycles. The van der Waals surface area contributed by atoms with E-state index in [1.807, 2.05) is 13.2 Å². The smallest absolute Gasteiger partial charge is 0.251 e. The van der Waals surface area contributed by atoms with E-state index in [2.05, 4.69) is 10.6 Å². The maximum atomic E-state index is 12.2. The molecule has 6 heteroatoms. The predicted octanol–water partition coefficient (Wildman–Crippen LogP) is 1.68. The van der Waals surface area contributed by atoms with Gasteiger partial charge in [0.1, 0.15) is 11.8 Å². The number of likely N-dealkylation sites (N-methyl/N-ethyl adjacent to an activating group) is 1. The zero-order valence-electron chi connectivity index (χ0n) is 12.6. The van der Waals surface area contributed by atoms with Crippen molar-refractivity contribution in [1.29, 1.82) is 0 Å². The Labute approximate surface area is 129 Å². The number of carbonyl (C=O) groups is 2. The molecule has 0 unspecified atom stereocenters. The minimum Gasteiger partial charge on any atom is -0.497 e. The molecule has 0 heterocycles. The highest BCUT2D eigenvalue weighted by atomic mass is 32.2. The van der Waals surface area contributed by atoms with Crippen LogP contribution in [0.25, 0.3) is 0 Å². The van der Waals surface area contributed by atoms with E-state index in [9.17, 15) is 9.59 Å². The van der Waals surface area contributed by atoms with Crippen LogP contribution in [0.5, 0.6) is 5.75 Å². The molecule has 0 bridgehead atoms. The van der Waals surface area contributed by atoms with E-state index >= 15 is 0 Å². The van der Waals surface area contributed by atoms with Gasteiger partial charge in [-0.15, -0.1) is 0 Å². The second-order valence-electron chi connectivity index (χ2n) is 4.43. The number of hydrogen-bond acceptors (Lipinski definition) is 4. The molecule has 21 heavy (non-hydrogen) atoms. The lowest BCUT2D eigenvalue weighted by Gasteiger charge is -2.17. The van der Waals surface area contributed by atoms with Gasteiger partial charge >= 0.3 is 0 Å². The normalized spacial score (nSPS) is 11.6. The predicted molar refractivity (Wildman–Crippen MR) is 85.9 cm³/mol. The van der Waals surface area contributed by atoms with Crippen molar-refractivity contribution in [2.75, 3.05) is 25.7 Å². The summed E-state index contributed by atoms with van der Waals surface area (Å²) in [6, 6.07) is 6.29. The Morgan fingerprint density at radius 1 is 1.29 bits per heavy atom. The van der Waals surface area contributed by atoms with Gasteiger partial charge in [0.2, 0.25) is 5.91 Å². The summed E-state index contributed by atoms with van der Waals surface area (Å²) >= 11 is 1.65. The molecule has 116 valence electrons. The van der Waals surface area contributed by atoms with E-state index in [0.717, 1.165) is 5.75 Å². The maximum Gasteiger partial charge on any atom is 0.251 e. The Morgan fingerprint density at radius 3 is 2.48 bits per heavy atom. The van der Waals surface area contributed by atoms with E-state index in [0.29, 0.717) is 24.3 Å². The molecule has 0 fully saturated rings. The van der Waals surface area contributed by atoms with Gasteiger partial charge in [0.25, 0.3) is 5.91 Å². The molecule has 5 nitrogen and oxygen atoms in total. The molecular weight excluding hydrogens is 288 g/mol. The summed E-state index contributed by atoms with van der Waals surface area (Å²) in [5.74, 6) is 1.10. The van der Waals surface area contributed by atoms with Crippen LogP contribution in [-0.4, -0.2) is 43.5 Å². The van der Waals surface area contributed by atoms with Crippen molar-refractivity contribution in [1.82, 2.24) is 10.6 Å². The van der Waals surface area contributed by atoms with Crippen molar-refractivity contribution in [3.05, 3.63) is 29.8 Å². The number of nitrogens with one attached hydrogen (secondary N) is 2. The van der Waals surface area contributed by atoms with Crippen molar-refractivity contribution in [3.8, 4) is 5.75 Å². The van der Waals surface area contributed by atoms with Gasteiger partial charge in [-0.1, -0.05) is 0 Å². The first-order valence-corrected chi connectivity index (χ1v) is 8.23. The third-order valence-corrected chi connectivity index (χ3v) is 3.58. The molecule has 0 radical (unpaired) electrons. The molecule has 0 saturated heterocycles. The fraction of sp³-hybridized carbons (Fsp3) is 0.467. The summed E-state index contributed by atoms with van der Waals surface area (Å²) in [5.41, 5.74) is 0.509. The Balaban J connectivity index is 2.71. The van der Waals surface area contributed by atoms with Crippen molar-refractivity contribution in [2.24, 2.45) is 0 Å². The lowest BCUT2D eigenvalue weighted by molar-refractivity contribution is -0.122. The summed E-state index contributed by atoms with van der Waals surface area (Å²) in [6.07, 6.45) is 2.58. The van der Waals surface area contributed by atoms with Gasteiger partial charge in [-0.3, -0.25) is 9.59 Å².